The van der Waals surface area contributed by atoms with Crippen molar-refractivity contribution in [2.45, 2.75) is 109 Å². The lowest BCUT2D eigenvalue weighted by molar-refractivity contribution is -0.145. The Balaban J connectivity index is 1.78. The summed E-state index contributed by atoms with van der Waals surface area (Å²) in [6.45, 7) is 12.1. The zero-order valence-electron chi connectivity index (χ0n) is 21.3. The molecule has 4 rings (SSSR count). The lowest BCUT2D eigenvalue weighted by atomic mass is 9.73. The molecule has 2 fully saturated rings. The standard InChI is InChI=1S/C27H40FN3O2/c1-8-27(33)14-17(4)13-19(15-27)31(16(2)3)25(32)26(5,6)24-23-21(30(7)29-24)12-11-20(28)22(23)18-9-10-18/h11-12,16-19,33H,8-10,13-15H2,1-7H3. The largest absolute Gasteiger partial charge is 0.390 e. The van der Waals surface area contributed by atoms with Gasteiger partial charge in [-0.3, -0.25) is 9.48 Å². The number of rotatable bonds is 6. The van der Waals surface area contributed by atoms with Gasteiger partial charge in [0.1, 0.15) is 5.82 Å². The van der Waals surface area contributed by atoms with Gasteiger partial charge in [0, 0.05) is 30.1 Å². The van der Waals surface area contributed by atoms with Crippen LogP contribution in [0.1, 0.15) is 97.2 Å². The maximum atomic E-state index is 15.0. The van der Waals surface area contributed by atoms with Gasteiger partial charge in [0.25, 0.3) is 0 Å². The zero-order chi connectivity index (χ0) is 24.3. The van der Waals surface area contributed by atoms with Crippen molar-refractivity contribution in [1.29, 1.82) is 0 Å². The topological polar surface area (TPSA) is 58.4 Å². The van der Waals surface area contributed by atoms with E-state index in [1.165, 1.54) is 6.07 Å². The molecule has 33 heavy (non-hydrogen) atoms. The highest BCUT2D eigenvalue weighted by atomic mass is 19.1. The summed E-state index contributed by atoms with van der Waals surface area (Å²) in [5, 5.41) is 16.7. The number of hydrogen-bond donors (Lipinski definition) is 1. The molecule has 3 unspecified atom stereocenters. The normalized spacial score (nSPS) is 26.2. The van der Waals surface area contributed by atoms with E-state index >= 15 is 0 Å². The molecule has 0 saturated heterocycles. The van der Waals surface area contributed by atoms with E-state index in [1.54, 1.807) is 10.7 Å². The highest BCUT2D eigenvalue weighted by Crippen LogP contribution is 2.47. The van der Waals surface area contributed by atoms with Gasteiger partial charge in [0.15, 0.2) is 0 Å². The van der Waals surface area contributed by atoms with Crippen LogP contribution in [-0.2, 0) is 17.3 Å². The molecule has 1 N–H and O–H groups in total. The number of fused-ring (bicyclic) bond motifs is 1. The number of aryl methyl sites for hydroxylation is 1. The lowest BCUT2D eigenvalue weighted by Crippen LogP contribution is -2.56. The van der Waals surface area contributed by atoms with Gasteiger partial charge in [-0.2, -0.15) is 5.10 Å². The summed E-state index contributed by atoms with van der Waals surface area (Å²) in [6.07, 6.45) is 4.90. The smallest absolute Gasteiger partial charge is 0.234 e. The second kappa shape index (κ2) is 8.37. The van der Waals surface area contributed by atoms with Crippen LogP contribution in [-0.4, -0.2) is 43.4 Å². The third kappa shape index (κ3) is 4.20. The van der Waals surface area contributed by atoms with Crippen LogP contribution in [0.15, 0.2) is 12.1 Å². The molecule has 2 aromatic rings. The van der Waals surface area contributed by atoms with Crippen LogP contribution < -0.4 is 0 Å². The van der Waals surface area contributed by atoms with Crippen LogP contribution in [0.25, 0.3) is 10.9 Å². The van der Waals surface area contributed by atoms with Gasteiger partial charge in [0.05, 0.1) is 22.2 Å². The van der Waals surface area contributed by atoms with Gasteiger partial charge in [-0.05, 0) is 90.2 Å². The van der Waals surface area contributed by atoms with Crippen LogP contribution >= 0.6 is 0 Å². The molecular formula is C27H40FN3O2. The summed E-state index contributed by atoms with van der Waals surface area (Å²) < 4.78 is 16.8. The first-order valence-electron chi connectivity index (χ1n) is 12.6. The van der Waals surface area contributed by atoms with E-state index in [1.807, 2.05) is 46.6 Å². The maximum Gasteiger partial charge on any atom is 0.234 e. The van der Waals surface area contributed by atoms with Crippen LogP contribution in [0, 0.1) is 11.7 Å². The maximum absolute atomic E-state index is 15.0. The van der Waals surface area contributed by atoms with Crippen LogP contribution in [0.5, 0.6) is 0 Å². The molecule has 182 valence electrons. The Kier molecular flexibility index (Phi) is 6.13. The minimum atomic E-state index is -0.924. The van der Waals surface area contributed by atoms with Crippen LogP contribution in [0.4, 0.5) is 4.39 Å². The molecule has 0 spiro atoms. The van der Waals surface area contributed by atoms with E-state index in [9.17, 15) is 14.3 Å². The SMILES string of the molecule is CCC1(O)CC(C)CC(N(C(=O)C(C)(C)c2nn(C)c3ccc(F)c(C4CC4)c23)C(C)C)C1. The summed E-state index contributed by atoms with van der Waals surface area (Å²) >= 11 is 0. The molecular weight excluding hydrogens is 417 g/mol. The second-order valence-corrected chi connectivity index (χ2v) is 11.5. The van der Waals surface area contributed by atoms with Crippen molar-refractivity contribution >= 4 is 16.8 Å². The fourth-order valence-corrected chi connectivity index (χ4v) is 6.11. The van der Waals surface area contributed by atoms with Gasteiger partial charge in [-0.25, -0.2) is 4.39 Å². The van der Waals surface area contributed by atoms with Crippen molar-refractivity contribution in [3.63, 3.8) is 0 Å². The van der Waals surface area contributed by atoms with Crippen molar-refractivity contribution < 1.29 is 14.3 Å². The minimum absolute atomic E-state index is 0.000983. The molecule has 6 heteroatoms. The average Bonchev–Trinajstić information content (AvgIpc) is 3.50. The molecule has 2 saturated carbocycles. The minimum Gasteiger partial charge on any atom is -0.390 e. The first-order chi connectivity index (χ1) is 15.4. The third-order valence-corrected chi connectivity index (χ3v) is 7.98. The zero-order valence-corrected chi connectivity index (χ0v) is 21.3. The summed E-state index contributed by atoms with van der Waals surface area (Å²) in [5.41, 5.74) is 0.592. The van der Waals surface area contributed by atoms with E-state index in [0.717, 1.165) is 42.1 Å². The second-order valence-electron chi connectivity index (χ2n) is 11.5. The molecule has 1 amide bonds. The van der Waals surface area contributed by atoms with E-state index in [4.69, 9.17) is 5.10 Å². The number of aromatic nitrogens is 2. The summed E-state index contributed by atoms with van der Waals surface area (Å²) in [6, 6.07) is 3.27. The molecule has 0 radical (unpaired) electrons. The van der Waals surface area contributed by atoms with E-state index in [-0.39, 0.29) is 29.7 Å². The first-order valence-corrected chi connectivity index (χ1v) is 12.6. The van der Waals surface area contributed by atoms with Gasteiger partial charge < -0.3 is 10.0 Å². The Labute approximate surface area is 197 Å². The number of benzene rings is 1. The fraction of sp³-hybridized carbons (Fsp3) is 0.704. The number of carbonyl (C=O) groups is 1. The molecule has 0 aliphatic heterocycles. The van der Waals surface area contributed by atoms with Crippen molar-refractivity contribution in [3.8, 4) is 0 Å². The number of amides is 1. The first kappa shape index (κ1) is 24.2. The van der Waals surface area contributed by atoms with E-state index < -0.39 is 11.0 Å². The van der Waals surface area contributed by atoms with Gasteiger partial charge in [0.2, 0.25) is 5.91 Å². The monoisotopic (exact) mass is 457 g/mol. The van der Waals surface area contributed by atoms with Crippen molar-refractivity contribution in [3.05, 3.63) is 29.2 Å². The Morgan fingerprint density at radius 1 is 1.33 bits per heavy atom. The van der Waals surface area contributed by atoms with E-state index in [2.05, 4.69) is 6.92 Å². The Hall–Kier alpha value is -1.95. The number of aliphatic hydroxyl groups is 1. The number of carbonyl (C=O) groups excluding carboxylic acids is 1. The molecule has 5 nitrogen and oxygen atoms in total. The molecule has 1 aromatic carbocycles. The Morgan fingerprint density at radius 3 is 2.58 bits per heavy atom. The molecule has 1 aromatic heterocycles. The molecule has 0 bridgehead atoms. The fourth-order valence-electron chi connectivity index (χ4n) is 6.11. The predicted octanol–water partition coefficient (Wildman–Crippen LogP) is 5.43. The van der Waals surface area contributed by atoms with Gasteiger partial charge >= 0.3 is 0 Å². The van der Waals surface area contributed by atoms with Crippen LogP contribution in [0.2, 0.25) is 0 Å². The molecule has 3 atom stereocenters. The Bertz CT molecular complexity index is 1060. The summed E-state index contributed by atoms with van der Waals surface area (Å²) in [5.74, 6) is 0.359. The highest BCUT2D eigenvalue weighted by molar-refractivity contribution is 5.95. The molecule has 2 aliphatic rings. The third-order valence-electron chi connectivity index (χ3n) is 7.98. The van der Waals surface area contributed by atoms with Crippen molar-refractivity contribution in [2.24, 2.45) is 13.0 Å². The quantitative estimate of drug-likeness (QED) is 0.629. The van der Waals surface area contributed by atoms with Gasteiger partial charge in [-0.1, -0.05) is 13.8 Å². The predicted molar refractivity (Wildman–Crippen MR) is 130 cm³/mol. The summed E-state index contributed by atoms with van der Waals surface area (Å²) in [7, 11) is 1.87. The molecule has 1 heterocycles. The van der Waals surface area contributed by atoms with Crippen LogP contribution in [0.3, 0.4) is 0 Å². The highest BCUT2D eigenvalue weighted by Gasteiger charge is 2.46. The summed E-state index contributed by atoms with van der Waals surface area (Å²) in [4.78, 5) is 16.2. The molecule has 2 aliphatic carbocycles. The Morgan fingerprint density at radius 2 is 2.00 bits per heavy atom. The van der Waals surface area contributed by atoms with E-state index in [0.29, 0.717) is 24.5 Å². The van der Waals surface area contributed by atoms with Gasteiger partial charge in [-0.15, -0.1) is 0 Å². The lowest BCUT2D eigenvalue weighted by Gasteiger charge is -2.47. The number of halogens is 1. The average molecular weight is 458 g/mol. The van der Waals surface area contributed by atoms with Crippen molar-refractivity contribution in [2.75, 3.05) is 0 Å². The van der Waals surface area contributed by atoms with Crippen molar-refractivity contribution in [1.82, 2.24) is 14.7 Å². The number of nitrogens with zero attached hydrogens (tertiary/aromatic N) is 3. The number of hydrogen-bond acceptors (Lipinski definition) is 3.